The van der Waals surface area contributed by atoms with Crippen LogP contribution in [-0.2, 0) is 6.18 Å². The smallest absolute Gasteiger partial charge is 0.342 e. The third-order valence-electron chi connectivity index (χ3n) is 4.22. The Balaban J connectivity index is 1.56. The Kier molecular flexibility index (Phi) is 2.79. The predicted octanol–water partition coefficient (Wildman–Crippen LogP) is 4.85. The Labute approximate surface area is 125 Å². The minimum Gasteiger partial charge on any atom is -0.342 e. The van der Waals surface area contributed by atoms with Crippen molar-refractivity contribution < 1.29 is 13.2 Å². The molecule has 4 rings (SSSR count). The van der Waals surface area contributed by atoms with Crippen LogP contribution >= 0.6 is 0 Å². The Bertz CT molecular complexity index is 785. The first-order chi connectivity index (χ1) is 10.5. The summed E-state index contributed by atoms with van der Waals surface area (Å²) in [4.78, 5) is 7.87. The number of benzene rings is 2. The van der Waals surface area contributed by atoms with Crippen molar-refractivity contribution in [1.29, 1.82) is 0 Å². The lowest BCUT2D eigenvalue weighted by Crippen LogP contribution is -2.04. The van der Waals surface area contributed by atoms with Gasteiger partial charge in [-0.15, -0.1) is 0 Å². The van der Waals surface area contributed by atoms with E-state index in [2.05, 4.69) is 9.97 Å². The second kappa shape index (κ2) is 4.60. The average molecular weight is 302 g/mol. The van der Waals surface area contributed by atoms with Crippen LogP contribution < -0.4 is 0 Å². The van der Waals surface area contributed by atoms with Crippen LogP contribution in [-0.4, -0.2) is 9.97 Å². The first-order valence-electron chi connectivity index (χ1n) is 7.14. The van der Waals surface area contributed by atoms with Crippen LogP contribution in [0.25, 0.3) is 11.0 Å². The molecule has 2 atom stereocenters. The lowest BCUT2D eigenvalue weighted by atomic mass is 10.1. The maximum absolute atomic E-state index is 12.6. The van der Waals surface area contributed by atoms with Gasteiger partial charge in [-0.2, -0.15) is 13.2 Å². The minimum atomic E-state index is -4.28. The van der Waals surface area contributed by atoms with Crippen LogP contribution in [0.5, 0.6) is 0 Å². The molecule has 3 aromatic rings. The van der Waals surface area contributed by atoms with Gasteiger partial charge in [0.1, 0.15) is 5.82 Å². The summed E-state index contributed by atoms with van der Waals surface area (Å²) in [7, 11) is 0. The summed E-state index contributed by atoms with van der Waals surface area (Å²) in [5.74, 6) is 1.44. The normalized spacial score (nSPS) is 21.2. The van der Waals surface area contributed by atoms with Gasteiger partial charge in [0, 0.05) is 5.92 Å². The van der Waals surface area contributed by atoms with Crippen LogP contribution in [0, 0.1) is 0 Å². The van der Waals surface area contributed by atoms with Crippen molar-refractivity contribution in [3.05, 3.63) is 65.5 Å². The van der Waals surface area contributed by atoms with Crippen molar-refractivity contribution in [1.82, 2.24) is 9.97 Å². The molecule has 112 valence electrons. The summed E-state index contributed by atoms with van der Waals surface area (Å²) < 4.78 is 37.7. The highest BCUT2D eigenvalue weighted by molar-refractivity contribution is 5.75. The number of halogens is 3. The molecule has 0 unspecified atom stereocenters. The average Bonchev–Trinajstić information content (AvgIpc) is 3.18. The molecular weight excluding hydrogens is 289 g/mol. The van der Waals surface area contributed by atoms with Crippen molar-refractivity contribution >= 4 is 11.0 Å². The minimum absolute atomic E-state index is 0.253. The highest BCUT2D eigenvalue weighted by Crippen LogP contribution is 2.54. The van der Waals surface area contributed by atoms with Gasteiger partial charge in [-0.25, -0.2) is 4.98 Å². The van der Waals surface area contributed by atoms with E-state index in [1.54, 1.807) is 12.1 Å². The fraction of sp³-hybridized carbons (Fsp3) is 0.235. The number of hydrogen-bond donors (Lipinski definition) is 1. The standard InChI is InChI=1S/C17H13F3N2/c18-17(19,20)11-7-5-10(6-8-11)12-9-13(12)16-21-14-3-1-2-4-15(14)22-16/h1-8,12-13H,9H2,(H,21,22)/t12-,13-/m1/s1. The predicted molar refractivity (Wildman–Crippen MR) is 77.6 cm³/mol. The number of fused-ring (bicyclic) bond motifs is 1. The summed E-state index contributed by atoms with van der Waals surface area (Å²) in [6, 6.07) is 13.3. The summed E-state index contributed by atoms with van der Waals surface area (Å²) in [6.45, 7) is 0. The van der Waals surface area contributed by atoms with E-state index in [-0.39, 0.29) is 11.8 Å². The molecule has 1 N–H and O–H groups in total. The van der Waals surface area contributed by atoms with Gasteiger partial charge in [-0.1, -0.05) is 24.3 Å². The van der Waals surface area contributed by atoms with E-state index in [0.29, 0.717) is 0 Å². The van der Waals surface area contributed by atoms with Crippen molar-refractivity contribution in [2.45, 2.75) is 24.4 Å². The number of imidazole rings is 1. The number of rotatable bonds is 2. The molecule has 0 spiro atoms. The topological polar surface area (TPSA) is 28.7 Å². The highest BCUT2D eigenvalue weighted by atomic mass is 19.4. The summed E-state index contributed by atoms with van der Waals surface area (Å²) in [6.07, 6.45) is -3.36. The lowest BCUT2D eigenvalue weighted by Gasteiger charge is -2.07. The number of aromatic amines is 1. The molecular formula is C17H13F3N2. The third-order valence-corrected chi connectivity index (χ3v) is 4.22. The Hall–Kier alpha value is -2.30. The van der Waals surface area contributed by atoms with Crippen LogP contribution in [0.15, 0.2) is 48.5 Å². The number of alkyl halides is 3. The Morgan fingerprint density at radius 2 is 1.68 bits per heavy atom. The largest absolute Gasteiger partial charge is 0.416 e. The zero-order valence-corrected chi connectivity index (χ0v) is 11.6. The molecule has 1 aliphatic carbocycles. The van der Waals surface area contributed by atoms with E-state index in [0.717, 1.165) is 41.0 Å². The Morgan fingerprint density at radius 1 is 0.955 bits per heavy atom. The zero-order valence-electron chi connectivity index (χ0n) is 11.6. The molecule has 2 aromatic carbocycles. The van der Waals surface area contributed by atoms with E-state index in [9.17, 15) is 13.2 Å². The SMILES string of the molecule is FC(F)(F)c1ccc([C@H]2C[C@H]2c2nc3ccccc3[nH]2)cc1. The molecule has 1 aromatic heterocycles. The fourth-order valence-electron chi connectivity index (χ4n) is 2.93. The highest BCUT2D eigenvalue weighted by Gasteiger charge is 2.42. The Morgan fingerprint density at radius 3 is 2.36 bits per heavy atom. The molecule has 1 heterocycles. The molecule has 0 amide bonds. The molecule has 0 radical (unpaired) electrons. The van der Waals surface area contributed by atoms with Gasteiger partial charge in [0.05, 0.1) is 16.6 Å². The van der Waals surface area contributed by atoms with Gasteiger partial charge >= 0.3 is 6.18 Å². The number of hydrogen-bond acceptors (Lipinski definition) is 1. The van der Waals surface area contributed by atoms with Crippen molar-refractivity contribution in [2.24, 2.45) is 0 Å². The van der Waals surface area contributed by atoms with Crippen LogP contribution in [0.4, 0.5) is 13.2 Å². The van der Waals surface area contributed by atoms with E-state index in [4.69, 9.17) is 0 Å². The van der Waals surface area contributed by atoms with Gasteiger partial charge < -0.3 is 4.98 Å². The van der Waals surface area contributed by atoms with Gasteiger partial charge in [0.2, 0.25) is 0 Å². The lowest BCUT2D eigenvalue weighted by molar-refractivity contribution is -0.137. The van der Waals surface area contributed by atoms with Gasteiger partial charge in [-0.3, -0.25) is 0 Å². The maximum Gasteiger partial charge on any atom is 0.416 e. The molecule has 5 heteroatoms. The van der Waals surface area contributed by atoms with Crippen LogP contribution in [0.2, 0.25) is 0 Å². The van der Waals surface area contributed by atoms with Crippen molar-refractivity contribution in [3.8, 4) is 0 Å². The van der Waals surface area contributed by atoms with Crippen molar-refractivity contribution in [2.75, 3.05) is 0 Å². The van der Waals surface area contributed by atoms with Gasteiger partial charge in [0.25, 0.3) is 0 Å². The molecule has 1 fully saturated rings. The number of H-pyrrole nitrogens is 1. The number of aromatic nitrogens is 2. The molecule has 0 bridgehead atoms. The molecule has 1 aliphatic rings. The summed E-state index contributed by atoms with van der Waals surface area (Å²) >= 11 is 0. The van der Waals surface area contributed by atoms with Gasteiger partial charge in [0.15, 0.2) is 0 Å². The number of nitrogens with one attached hydrogen (secondary N) is 1. The van der Waals surface area contributed by atoms with E-state index in [1.165, 1.54) is 0 Å². The summed E-state index contributed by atoms with van der Waals surface area (Å²) in [5, 5.41) is 0. The molecule has 0 aliphatic heterocycles. The maximum atomic E-state index is 12.6. The number of para-hydroxylation sites is 2. The van der Waals surface area contributed by atoms with E-state index in [1.807, 2.05) is 24.3 Å². The van der Waals surface area contributed by atoms with Crippen LogP contribution in [0.1, 0.15) is 35.2 Å². The van der Waals surface area contributed by atoms with Crippen LogP contribution in [0.3, 0.4) is 0 Å². The second-order valence-electron chi connectivity index (χ2n) is 5.71. The monoisotopic (exact) mass is 302 g/mol. The first-order valence-corrected chi connectivity index (χ1v) is 7.14. The first kappa shape index (κ1) is 13.4. The molecule has 22 heavy (non-hydrogen) atoms. The summed E-state index contributed by atoms with van der Waals surface area (Å²) in [5.41, 5.74) is 2.27. The van der Waals surface area contributed by atoms with E-state index < -0.39 is 11.7 Å². The zero-order chi connectivity index (χ0) is 15.3. The molecule has 2 nitrogen and oxygen atoms in total. The van der Waals surface area contributed by atoms with Gasteiger partial charge in [-0.05, 0) is 42.2 Å². The fourth-order valence-corrected chi connectivity index (χ4v) is 2.93. The van der Waals surface area contributed by atoms with E-state index >= 15 is 0 Å². The third kappa shape index (κ3) is 2.26. The molecule has 0 saturated heterocycles. The molecule has 1 saturated carbocycles. The van der Waals surface area contributed by atoms with Crippen molar-refractivity contribution in [3.63, 3.8) is 0 Å². The second-order valence-corrected chi connectivity index (χ2v) is 5.71. The number of nitrogens with zero attached hydrogens (tertiary/aromatic N) is 1. The quantitative estimate of drug-likeness (QED) is 0.720.